The van der Waals surface area contributed by atoms with Gasteiger partial charge >= 0.3 is 0 Å². The highest BCUT2D eigenvalue weighted by Crippen LogP contribution is 2.46. The molecule has 1 aliphatic heterocycles. The number of carbonyl (C=O) groups excluding carboxylic acids is 2. The highest BCUT2D eigenvalue weighted by atomic mass is 35.5. The lowest BCUT2D eigenvalue weighted by Gasteiger charge is -2.25. The third kappa shape index (κ3) is 7.35. The van der Waals surface area contributed by atoms with E-state index in [2.05, 4.69) is 29.0 Å². The number of aromatic nitrogens is 3. The van der Waals surface area contributed by atoms with Gasteiger partial charge in [-0.1, -0.05) is 66.7 Å². The standard InChI is InChI=1S/C32H33ClN4O5S3/c1-6-41-24-15-21(9-12-23(24)42-14-13-17(2)3)26-25(27(38)29-18(4)34-19(5)44-29)28(39)30(40)37(26)31-35-36-32(45-31)43-16-20-7-10-22(33)11-8-20/h7-12,15,17,26,39H,6,13-14,16H2,1-5H3. The fourth-order valence-corrected chi connectivity index (χ4v) is 7.61. The van der Waals surface area contributed by atoms with E-state index in [1.807, 2.05) is 38.1 Å². The van der Waals surface area contributed by atoms with Crippen molar-refractivity contribution in [3.63, 3.8) is 0 Å². The first-order valence-corrected chi connectivity index (χ1v) is 17.4. The van der Waals surface area contributed by atoms with Crippen LogP contribution in [0.4, 0.5) is 5.13 Å². The van der Waals surface area contributed by atoms with Crippen molar-refractivity contribution in [2.45, 2.75) is 57.2 Å². The molecule has 3 heterocycles. The SMILES string of the molecule is CCOc1cc(C2C(C(=O)c3sc(C)nc3C)=C(O)C(=O)N2c2nnc(SCc3ccc(Cl)cc3)s2)ccc1OCCC(C)C. The van der Waals surface area contributed by atoms with E-state index in [9.17, 15) is 14.7 Å². The number of aliphatic hydroxyl groups is 1. The minimum Gasteiger partial charge on any atom is -0.503 e. The van der Waals surface area contributed by atoms with Crippen molar-refractivity contribution in [1.82, 2.24) is 15.2 Å². The Hall–Kier alpha value is -3.45. The van der Waals surface area contributed by atoms with Gasteiger partial charge in [0.25, 0.3) is 5.91 Å². The Kier molecular flexibility index (Phi) is 10.5. The lowest BCUT2D eigenvalue weighted by molar-refractivity contribution is -0.117. The van der Waals surface area contributed by atoms with Gasteiger partial charge in [-0.25, -0.2) is 4.98 Å². The van der Waals surface area contributed by atoms with Crippen molar-refractivity contribution in [2.75, 3.05) is 18.1 Å². The van der Waals surface area contributed by atoms with Crippen molar-refractivity contribution < 1.29 is 24.2 Å². The van der Waals surface area contributed by atoms with E-state index in [0.717, 1.165) is 12.0 Å². The van der Waals surface area contributed by atoms with Gasteiger partial charge in [-0.2, -0.15) is 0 Å². The number of ketones is 1. The van der Waals surface area contributed by atoms with Crippen molar-refractivity contribution in [2.24, 2.45) is 5.92 Å². The van der Waals surface area contributed by atoms with E-state index in [1.54, 1.807) is 25.1 Å². The summed E-state index contributed by atoms with van der Waals surface area (Å²) < 4.78 is 12.6. The minimum atomic E-state index is -0.988. The van der Waals surface area contributed by atoms with Gasteiger partial charge in [-0.15, -0.1) is 21.5 Å². The molecule has 0 fully saturated rings. The lowest BCUT2D eigenvalue weighted by atomic mass is 9.95. The number of rotatable bonds is 13. The number of benzene rings is 2. The van der Waals surface area contributed by atoms with Crippen LogP contribution in [-0.2, 0) is 10.5 Å². The predicted molar refractivity (Wildman–Crippen MR) is 179 cm³/mol. The van der Waals surface area contributed by atoms with Gasteiger partial charge in [0.1, 0.15) is 0 Å². The number of thioether (sulfide) groups is 1. The summed E-state index contributed by atoms with van der Waals surface area (Å²) >= 11 is 9.92. The molecule has 45 heavy (non-hydrogen) atoms. The van der Waals surface area contributed by atoms with E-state index in [1.165, 1.54) is 39.3 Å². The molecule has 5 rings (SSSR count). The van der Waals surface area contributed by atoms with Crippen LogP contribution in [0.3, 0.4) is 0 Å². The summed E-state index contributed by atoms with van der Waals surface area (Å²) in [4.78, 5) is 33.9. The molecule has 2 aromatic carbocycles. The topological polar surface area (TPSA) is 115 Å². The molecule has 2 aromatic heterocycles. The Morgan fingerprint density at radius 1 is 1.09 bits per heavy atom. The zero-order chi connectivity index (χ0) is 32.2. The first-order chi connectivity index (χ1) is 21.6. The van der Waals surface area contributed by atoms with Crippen LogP contribution in [0.25, 0.3) is 0 Å². The van der Waals surface area contributed by atoms with Crippen molar-refractivity contribution >= 4 is 62.9 Å². The van der Waals surface area contributed by atoms with E-state index in [4.69, 9.17) is 21.1 Å². The molecule has 0 bridgehead atoms. The molecule has 1 N–H and O–H groups in total. The fourth-order valence-electron chi connectivity index (χ4n) is 4.78. The zero-order valence-corrected chi connectivity index (χ0v) is 28.7. The molecular formula is C32H33ClN4O5S3. The Bertz CT molecular complexity index is 1730. The molecule has 13 heteroatoms. The largest absolute Gasteiger partial charge is 0.503 e. The van der Waals surface area contributed by atoms with Crippen LogP contribution in [0.5, 0.6) is 11.5 Å². The number of ether oxygens (including phenoxy) is 2. The summed E-state index contributed by atoms with van der Waals surface area (Å²) in [6, 6.07) is 11.9. The molecular weight excluding hydrogens is 652 g/mol. The number of thiazole rings is 1. The van der Waals surface area contributed by atoms with Gasteiger partial charge in [0.05, 0.1) is 40.4 Å². The first-order valence-electron chi connectivity index (χ1n) is 14.4. The second-order valence-corrected chi connectivity index (χ2v) is 14.6. The monoisotopic (exact) mass is 684 g/mol. The Labute approximate surface area is 279 Å². The summed E-state index contributed by atoms with van der Waals surface area (Å²) in [6.07, 6.45) is 0.872. The predicted octanol–water partition coefficient (Wildman–Crippen LogP) is 8.16. The van der Waals surface area contributed by atoms with Crippen LogP contribution in [0.2, 0.25) is 5.02 Å². The van der Waals surface area contributed by atoms with Crippen LogP contribution < -0.4 is 14.4 Å². The molecule has 1 aliphatic rings. The smallest absolute Gasteiger partial charge is 0.296 e. The third-order valence-corrected chi connectivity index (χ3v) is 10.4. The third-order valence-electron chi connectivity index (χ3n) is 6.98. The quantitative estimate of drug-likeness (QED) is 0.0846. The van der Waals surface area contributed by atoms with Gasteiger partial charge < -0.3 is 14.6 Å². The van der Waals surface area contributed by atoms with Crippen molar-refractivity contribution in [1.29, 1.82) is 0 Å². The number of carbonyl (C=O) groups is 2. The number of halogens is 1. The number of hydrogen-bond acceptors (Lipinski definition) is 11. The van der Waals surface area contributed by atoms with Crippen LogP contribution in [-0.4, -0.2) is 45.2 Å². The van der Waals surface area contributed by atoms with E-state index in [-0.39, 0.29) is 10.7 Å². The van der Waals surface area contributed by atoms with Gasteiger partial charge in [0, 0.05) is 10.8 Å². The van der Waals surface area contributed by atoms with Gasteiger partial charge in [0.15, 0.2) is 21.6 Å². The van der Waals surface area contributed by atoms with Crippen LogP contribution in [0.15, 0.2) is 58.1 Å². The average molecular weight is 685 g/mol. The maximum absolute atomic E-state index is 14.0. The molecule has 0 aliphatic carbocycles. The summed E-state index contributed by atoms with van der Waals surface area (Å²) in [5.74, 6) is 0.304. The van der Waals surface area contributed by atoms with Crippen LogP contribution in [0, 0.1) is 19.8 Å². The number of aliphatic hydroxyl groups excluding tert-OH is 1. The number of anilines is 1. The molecule has 0 saturated heterocycles. The van der Waals surface area contributed by atoms with Crippen LogP contribution >= 0.6 is 46.0 Å². The number of aryl methyl sites for hydroxylation is 2. The van der Waals surface area contributed by atoms with Crippen molar-refractivity contribution in [3.8, 4) is 11.5 Å². The average Bonchev–Trinajstić information content (AvgIpc) is 3.68. The Balaban J connectivity index is 1.53. The second-order valence-electron chi connectivity index (χ2n) is 10.8. The summed E-state index contributed by atoms with van der Waals surface area (Å²) in [6.45, 7) is 10.6. The fraction of sp³-hybridized carbons (Fsp3) is 0.344. The molecule has 1 amide bonds. The highest BCUT2D eigenvalue weighted by molar-refractivity contribution is 8.00. The molecule has 0 radical (unpaired) electrons. The molecule has 9 nitrogen and oxygen atoms in total. The molecule has 236 valence electrons. The molecule has 0 saturated carbocycles. The Morgan fingerprint density at radius 2 is 1.84 bits per heavy atom. The number of Topliss-reactive ketones (excluding diaryl/α,β-unsaturated/α-hetero) is 1. The number of hydrogen-bond donors (Lipinski definition) is 1. The van der Waals surface area contributed by atoms with Crippen molar-refractivity contribution in [3.05, 3.63) is 85.5 Å². The summed E-state index contributed by atoms with van der Waals surface area (Å²) in [7, 11) is 0. The highest BCUT2D eigenvalue weighted by Gasteiger charge is 2.47. The van der Waals surface area contributed by atoms with E-state index >= 15 is 0 Å². The minimum absolute atomic E-state index is 0.0479. The maximum Gasteiger partial charge on any atom is 0.296 e. The lowest BCUT2D eigenvalue weighted by Crippen LogP contribution is -2.31. The van der Waals surface area contributed by atoms with Gasteiger partial charge in [0.2, 0.25) is 10.9 Å². The maximum atomic E-state index is 14.0. The molecule has 4 aromatic rings. The van der Waals surface area contributed by atoms with Crippen LogP contribution in [0.1, 0.15) is 64.7 Å². The van der Waals surface area contributed by atoms with Gasteiger partial charge in [-0.3, -0.25) is 14.5 Å². The molecule has 1 atom stereocenters. The molecule has 0 spiro atoms. The zero-order valence-electron chi connectivity index (χ0n) is 25.5. The number of nitrogens with zero attached hydrogens (tertiary/aromatic N) is 4. The van der Waals surface area contributed by atoms with Gasteiger partial charge in [-0.05, 0) is 68.5 Å². The molecule has 1 unspecified atom stereocenters. The first kappa shape index (κ1) is 32.9. The van der Waals surface area contributed by atoms with E-state index < -0.39 is 23.5 Å². The second kappa shape index (κ2) is 14.3. The summed E-state index contributed by atoms with van der Waals surface area (Å²) in [5, 5.41) is 21.5. The normalized spacial score (nSPS) is 15.0. The summed E-state index contributed by atoms with van der Waals surface area (Å²) in [5.41, 5.74) is 2.10. The number of amides is 1. The van der Waals surface area contributed by atoms with E-state index in [0.29, 0.717) is 66.9 Å². The Morgan fingerprint density at radius 3 is 2.51 bits per heavy atom.